The summed E-state index contributed by atoms with van der Waals surface area (Å²) in [6, 6.07) is 7.56. The molecule has 2 aromatic carbocycles. The molecule has 2 N–H and O–H groups in total. The molecule has 0 amide bonds. The third-order valence-corrected chi connectivity index (χ3v) is 5.04. The van der Waals surface area contributed by atoms with Crippen molar-refractivity contribution in [1.82, 2.24) is 0 Å². The molecule has 0 radical (unpaired) electrons. The van der Waals surface area contributed by atoms with Crippen LogP contribution in [0.15, 0.2) is 41.3 Å². The minimum atomic E-state index is -4.04. The first-order chi connectivity index (χ1) is 9.75. The molecule has 7 heteroatoms. The van der Waals surface area contributed by atoms with Gasteiger partial charge < -0.3 is 5.73 Å². The zero-order valence-electron chi connectivity index (χ0n) is 11.5. The molecule has 0 aromatic heterocycles. The van der Waals surface area contributed by atoms with Gasteiger partial charge in [0.05, 0.1) is 16.3 Å². The molecule has 0 fully saturated rings. The smallest absolute Gasteiger partial charge is 0.264 e. The zero-order chi connectivity index (χ0) is 15.8. The molecule has 0 aliphatic carbocycles. The first-order valence-corrected chi connectivity index (χ1v) is 7.48. The maximum absolute atomic E-state index is 13.7. The molecule has 0 saturated carbocycles. The second kappa shape index (κ2) is 5.33. The average molecular weight is 312 g/mol. The van der Waals surface area contributed by atoms with Crippen molar-refractivity contribution in [2.45, 2.75) is 11.8 Å². The number of hydrogen-bond acceptors (Lipinski definition) is 3. The second-order valence-electron chi connectivity index (χ2n) is 4.56. The fourth-order valence-corrected chi connectivity index (χ4v) is 3.37. The Kier molecular flexibility index (Phi) is 3.87. The highest BCUT2D eigenvalue weighted by Gasteiger charge is 2.26. The standard InChI is InChI=1S/C14H14F2N2O2S/c1-9-7-11(16)12(17)8-14(9)21(19,20)18(2)13-6-4-3-5-10(13)15/h3-8H,17H2,1-2H3. The summed E-state index contributed by atoms with van der Waals surface area (Å²) < 4.78 is 53.0. The minimum absolute atomic E-state index is 0.0974. The number of benzene rings is 2. The van der Waals surface area contributed by atoms with Crippen LogP contribution in [0.2, 0.25) is 0 Å². The Morgan fingerprint density at radius 1 is 1.10 bits per heavy atom. The summed E-state index contributed by atoms with van der Waals surface area (Å²) in [6.07, 6.45) is 0. The molecule has 0 aliphatic heterocycles. The summed E-state index contributed by atoms with van der Waals surface area (Å²) in [5.41, 5.74) is 5.25. The van der Waals surface area contributed by atoms with E-state index in [4.69, 9.17) is 5.73 Å². The second-order valence-corrected chi connectivity index (χ2v) is 6.50. The van der Waals surface area contributed by atoms with Gasteiger partial charge in [0.15, 0.2) is 0 Å². The van der Waals surface area contributed by atoms with Crippen LogP contribution in [0.5, 0.6) is 0 Å². The molecule has 0 bridgehead atoms. The van der Waals surface area contributed by atoms with E-state index >= 15 is 0 Å². The number of halogens is 2. The van der Waals surface area contributed by atoms with Gasteiger partial charge in [0, 0.05) is 7.05 Å². The van der Waals surface area contributed by atoms with E-state index in [-0.39, 0.29) is 21.8 Å². The van der Waals surface area contributed by atoms with Gasteiger partial charge in [-0.2, -0.15) is 0 Å². The summed E-state index contributed by atoms with van der Waals surface area (Å²) in [5.74, 6) is -1.36. The van der Waals surface area contributed by atoms with Crippen molar-refractivity contribution < 1.29 is 17.2 Å². The number of rotatable bonds is 3. The number of nitrogen functional groups attached to an aromatic ring is 1. The van der Waals surface area contributed by atoms with Gasteiger partial charge in [-0.3, -0.25) is 4.31 Å². The molecule has 0 aliphatic rings. The molecule has 4 nitrogen and oxygen atoms in total. The van der Waals surface area contributed by atoms with Gasteiger partial charge in [0.2, 0.25) is 0 Å². The molecular weight excluding hydrogens is 298 g/mol. The predicted octanol–water partition coefficient (Wildman–Crippen LogP) is 2.68. The van der Waals surface area contributed by atoms with E-state index < -0.39 is 21.7 Å². The molecule has 0 saturated heterocycles. The van der Waals surface area contributed by atoms with Crippen molar-refractivity contribution in [1.29, 1.82) is 0 Å². The number of nitrogens with zero attached hydrogens (tertiary/aromatic N) is 1. The largest absolute Gasteiger partial charge is 0.396 e. The molecule has 2 rings (SSSR count). The van der Waals surface area contributed by atoms with Crippen molar-refractivity contribution in [3.63, 3.8) is 0 Å². The Balaban J connectivity index is 2.58. The molecule has 112 valence electrons. The van der Waals surface area contributed by atoms with Crippen molar-refractivity contribution in [2.24, 2.45) is 0 Å². The van der Waals surface area contributed by atoms with Crippen LogP contribution in [0.4, 0.5) is 20.2 Å². The van der Waals surface area contributed by atoms with Gasteiger partial charge in [-0.15, -0.1) is 0 Å². The number of sulfonamides is 1. The van der Waals surface area contributed by atoms with E-state index in [0.29, 0.717) is 0 Å². The maximum Gasteiger partial charge on any atom is 0.264 e. The number of anilines is 2. The third kappa shape index (κ3) is 2.69. The monoisotopic (exact) mass is 312 g/mol. The summed E-state index contributed by atoms with van der Waals surface area (Å²) in [4.78, 5) is -0.160. The van der Waals surface area contributed by atoms with Crippen molar-refractivity contribution in [3.8, 4) is 0 Å². The minimum Gasteiger partial charge on any atom is -0.396 e. The highest BCUT2D eigenvalue weighted by atomic mass is 32.2. The van der Waals surface area contributed by atoms with Crippen LogP contribution < -0.4 is 10.0 Å². The van der Waals surface area contributed by atoms with Gasteiger partial charge in [-0.25, -0.2) is 17.2 Å². The van der Waals surface area contributed by atoms with E-state index in [1.54, 1.807) is 0 Å². The van der Waals surface area contributed by atoms with Gasteiger partial charge in [0.1, 0.15) is 11.6 Å². The third-order valence-electron chi connectivity index (χ3n) is 3.12. The van der Waals surface area contributed by atoms with Crippen LogP contribution in [-0.2, 0) is 10.0 Å². The fraction of sp³-hybridized carbons (Fsp3) is 0.143. The van der Waals surface area contributed by atoms with Gasteiger partial charge >= 0.3 is 0 Å². The first-order valence-electron chi connectivity index (χ1n) is 6.04. The van der Waals surface area contributed by atoms with Crippen LogP contribution >= 0.6 is 0 Å². The Labute approximate surface area is 121 Å². The highest BCUT2D eigenvalue weighted by Crippen LogP contribution is 2.28. The van der Waals surface area contributed by atoms with Crippen LogP contribution in [0, 0.1) is 18.6 Å². The topological polar surface area (TPSA) is 63.4 Å². The number of aryl methyl sites for hydroxylation is 1. The van der Waals surface area contributed by atoms with Crippen molar-refractivity contribution in [2.75, 3.05) is 17.1 Å². The van der Waals surface area contributed by atoms with Gasteiger partial charge in [-0.1, -0.05) is 12.1 Å². The van der Waals surface area contributed by atoms with Gasteiger partial charge in [0.25, 0.3) is 10.0 Å². The molecule has 21 heavy (non-hydrogen) atoms. The fourth-order valence-electron chi connectivity index (χ4n) is 1.93. The number of para-hydroxylation sites is 1. The maximum atomic E-state index is 13.7. The lowest BCUT2D eigenvalue weighted by atomic mass is 10.2. The predicted molar refractivity (Wildman–Crippen MR) is 77.5 cm³/mol. The Bertz CT molecular complexity index is 792. The lowest BCUT2D eigenvalue weighted by Crippen LogP contribution is -2.28. The normalized spacial score (nSPS) is 11.4. The van der Waals surface area contributed by atoms with Crippen molar-refractivity contribution in [3.05, 3.63) is 53.6 Å². The summed E-state index contributed by atoms with van der Waals surface area (Å²) >= 11 is 0. The van der Waals surface area contributed by atoms with E-state index in [2.05, 4.69) is 0 Å². The SMILES string of the molecule is Cc1cc(F)c(N)cc1S(=O)(=O)N(C)c1ccccc1F. The van der Waals surface area contributed by atoms with Crippen LogP contribution in [0.25, 0.3) is 0 Å². The van der Waals surface area contributed by atoms with Crippen LogP contribution in [-0.4, -0.2) is 15.5 Å². The molecule has 0 spiro atoms. The van der Waals surface area contributed by atoms with Crippen molar-refractivity contribution >= 4 is 21.4 Å². The van der Waals surface area contributed by atoms with Gasteiger partial charge in [-0.05, 0) is 36.8 Å². The zero-order valence-corrected chi connectivity index (χ0v) is 12.3. The summed E-state index contributed by atoms with van der Waals surface area (Å²) in [7, 11) is -2.81. The Morgan fingerprint density at radius 2 is 1.71 bits per heavy atom. The van der Waals surface area contributed by atoms with Crippen LogP contribution in [0.1, 0.15) is 5.56 Å². The summed E-state index contributed by atoms with van der Waals surface area (Å²) in [6.45, 7) is 1.45. The van der Waals surface area contributed by atoms with E-state index in [9.17, 15) is 17.2 Å². The summed E-state index contributed by atoms with van der Waals surface area (Å²) in [5, 5.41) is 0. The molecule has 0 unspecified atom stereocenters. The molecule has 0 heterocycles. The highest BCUT2D eigenvalue weighted by molar-refractivity contribution is 7.92. The Hall–Kier alpha value is -2.15. The van der Waals surface area contributed by atoms with Crippen LogP contribution in [0.3, 0.4) is 0 Å². The molecular formula is C14H14F2N2O2S. The lowest BCUT2D eigenvalue weighted by Gasteiger charge is -2.21. The first kappa shape index (κ1) is 15.2. The quantitative estimate of drug-likeness (QED) is 0.886. The number of nitrogens with two attached hydrogens (primary N) is 1. The van der Waals surface area contributed by atoms with E-state index in [0.717, 1.165) is 22.5 Å². The lowest BCUT2D eigenvalue weighted by molar-refractivity contribution is 0.588. The molecule has 2 aromatic rings. The number of hydrogen-bond donors (Lipinski definition) is 1. The molecule has 0 atom stereocenters. The Morgan fingerprint density at radius 3 is 2.33 bits per heavy atom. The van der Waals surface area contributed by atoms with E-state index in [1.807, 2.05) is 0 Å². The van der Waals surface area contributed by atoms with E-state index in [1.165, 1.54) is 32.2 Å². The average Bonchev–Trinajstić information content (AvgIpc) is 2.42.